The third-order valence-corrected chi connectivity index (χ3v) is 5.56. The molecule has 0 aromatic heterocycles. The first-order chi connectivity index (χ1) is 6.48. The molecule has 14 heavy (non-hydrogen) atoms. The monoisotopic (exact) mass is 284 g/mol. The number of ether oxygens (including phenoxy) is 1. The van der Waals surface area contributed by atoms with Crippen molar-refractivity contribution in [3.63, 3.8) is 0 Å². The van der Waals surface area contributed by atoms with Crippen molar-refractivity contribution in [1.82, 2.24) is 0 Å². The van der Waals surface area contributed by atoms with Gasteiger partial charge in [-0.15, -0.1) is 0 Å². The molecule has 1 heterocycles. The standard InChI is InChI=1S/C9H17BrO3S/c1-3-7(4-2)13-9-6-14(11,12)5-8(9)10/h7-9H,3-6H2,1-2H3. The zero-order chi connectivity index (χ0) is 10.8. The van der Waals surface area contributed by atoms with Crippen LogP contribution in [-0.4, -0.2) is 37.0 Å². The normalized spacial score (nSPS) is 31.1. The lowest BCUT2D eigenvalue weighted by Crippen LogP contribution is -2.27. The molecule has 2 unspecified atom stereocenters. The number of hydrogen-bond donors (Lipinski definition) is 0. The molecule has 0 aliphatic carbocycles. The fraction of sp³-hybridized carbons (Fsp3) is 1.00. The van der Waals surface area contributed by atoms with Crippen molar-refractivity contribution < 1.29 is 13.2 Å². The Balaban J connectivity index is 2.54. The van der Waals surface area contributed by atoms with Crippen LogP contribution in [0, 0.1) is 0 Å². The smallest absolute Gasteiger partial charge is 0.154 e. The number of sulfone groups is 1. The second-order valence-electron chi connectivity index (χ2n) is 3.71. The molecule has 1 saturated heterocycles. The molecular weight excluding hydrogens is 268 g/mol. The molecule has 0 amide bonds. The highest BCUT2D eigenvalue weighted by molar-refractivity contribution is 9.09. The van der Waals surface area contributed by atoms with Gasteiger partial charge >= 0.3 is 0 Å². The van der Waals surface area contributed by atoms with Gasteiger partial charge in [0.05, 0.1) is 28.5 Å². The fourth-order valence-electron chi connectivity index (χ4n) is 1.63. The van der Waals surface area contributed by atoms with Crippen molar-refractivity contribution >= 4 is 25.8 Å². The second kappa shape index (κ2) is 4.94. The van der Waals surface area contributed by atoms with Crippen LogP contribution in [0.5, 0.6) is 0 Å². The summed E-state index contributed by atoms with van der Waals surface area (Å²) in [7, 11) is -2.88. The lowest BCUT2D eigenvalue weighted by atomic mass is 10.2. The van der Waals surface area contributed by atoms with Crippen LogP contribution in [0.25, 0.3) is 0 Å². The van der Waals surface area contributed by atoms with Crippen molar-refractivity contribution in [2.45, 2.75) is 43.7 Å². The fourth-order valence-corrected chi connectivity index (χ4v) is 5.04. The number of halogens is 1. The summed E-state index contributed by atoms with van der Waals surface area (Å²) in [6.45, 7) is 4.11. The van der Waals surface area contributed by atoms with E-state index in [9.17, 15) is 8.42 Å². The maximum absolute atomic E-state index is 11.3. The van der Waals surface area contributed by atoms with E-state index in [1.54, 1.807) is 0 Å². The molecule has 84 valence electrons. The summed E-state index contributed by atoms with van der Waals surface area (Å²) in [4.78, 5) is -0.0342. The highest BCUT2D eigenvalue weighted by Crippen LogP contribution is 2.24. The van der Waals surface area contributed by atoms with Crippen molar-refractivity contribution in [2.24, 2.45) is 0 Å². The molecule has 0 bridgehead atoms. The predicted octanol–water partition coefficient (Wildman–Crippen LogP) is 1.75. The minimum Gasteiger partial charge on any atom is -0.373 e. The van der Waals surface area contributed by atoms with Gasteiger partial charge in [0.15, 0.2) is 9.84 Å². The molecule has 1 aliphatic rings. The van der Waals surface area contributed by atoms with Gasteiger partial charge in [-0.1, -0.05) is 29.8 Å². The third-order valence-electron chi connectivity index (χ3n) is 2.51. The van der Waals surface area contributed by atoms with Crippen LogP contribution in [0.3, 0.4) is 0 Å². The average molecular weight is 285 g/mol. The summed E-state index contributed by atoms with van der Waals surface area (Å²) in [5, 5.41) is 0. The molecule has 1 fully saturated rings. The molecule has 0 aromatic carbocycles. The average Bonchev–Trinajstić information content (AvgIpc) is 2.35. The van der Waals surface area contributed by atoms with E-state index < -0.39 is 9.84 Å². The molecule has 3 nitrogen and oxygen atoms in total. The van der Waals surface area contributed by atoms with Crippen molar-refractivity contribution in [3.05, 3.63) is 0 Å². The Morgan fingerprint density at radius 2 is 1.93 bits per heavy atom. The molecule has 0 aromatic rings. The zero-order valence-electron chi connectivity index (χ0n) is 8.57. The highest BCUT2D eigenvalue weighted by Gasteiger charge is 2.37. The highest BCUT2D eigenvalue weighted by atomic mass is 79.9. The SMILES string of the molecule is CCC(CC)OC1CS(=O)(=O)CC1Br. The van der Waals surface area contributed by atoms with Crippen LogP contribution in [0.1, 0.15) is 26.7 Å². The lowest BCUT2D eigenvalue weighted by molar-refractivity contribution is 0.00183. The largest absolute Gasteiger partial charge is 0.373 e. The summed E-state index contributed by atoms with van der Waals surface area (Å²) in [6, 6.07) is 0. The molecule has 2 atom stereocenters. The number of hydrogen-bond acceptors (Lipinski definition) is 3. The molecule has 0 N–H and O–H groups in total. The van der Waals surface area contributed by atoms with E-state index in [1.165, 1.54) is 0 Å². The third kappa shape index (κ3) is 3.21. The maximum Gasteiger partial charge on any atom is 0.154 e. The minimum atomic E-state index is -2.88. The van der Waals surface area contributed by atoms with E-state index in [0.29, 0.717) is 0 Å². The summed E-state index contributed by atoms with van der Waals surface area (Å²) in [5.41, 5.74) is 0. The predicted molar refractivity (Wildman–Crippen MR) is 60.6 cm³/mol. The van der Waals surface area contributed by atoms with Gasteiger partial charge in [-0.2, -0.15) is 0 Å². The van der Waals surface area contributed by atoms with Crippen LogP contribution in [0.2, 0.25) is 0 Å². The second-order valence-corrected chi connectivity index (χ2v) is 7.04. The van der Waals surface area contributed by atoms with Gasteiger partial charge in [0.1, 0.15) is 0 Å². The van der Waals surface area contributed by atoms with E-state index >= 15 is 0 Å². The molecule has 1 aliphatic heterocycles. The van der Waals surface area contributed by atoms with Crippen LogP contribution in [0.4, 0.5) is 0 Å². The van der Waals surface area contributed by atoms with E-state index in [-0.39, 0.29) is 28.5 Å². The summed E-state index contributed by atoms with van der Waals surface area (Å²) in [6.07, 6.45) is 1.90. The van der Waals surface area contributed by atoms with Gasteiger partial charge in [0.2, 0.25) is 0 Å². The molecule has 5 heteroatoms. The van der Waals surface area contributed by atoms with Gasteiger partial charge in [-0.3, -0.25) is 0 Å². The summed E-state index contributed by atoms with van der Waals surface area (Å²) in [5.74, 6) is 0.372. The first-order valence-electron chi connectivity index (χ1n) is 4.98. The van der Waals surface area contributed by atoms with Crippen LogP contribution >= 0.6 is 15.9 Å². The molecule has 1 rings (SSSR count). The Hall–Kier alpha value is 0.390. The summed E-state index contributed by atoms with van der Waals surface area (Å²) >= 11 is 3.36. The Morgan fingerprint density at radius 1 is 1.36 bits per heavy atom. The van der Waals surface area contributed by atoms with Crippen LogP contribution in [-0.2, 0) is 14.6 Å². The first kappa shape index (κ1) is 12.5. The first-order valence-corrected chi connectivity index (χ1v) is 7.72. The van der Waals surface area contributed by atoms with Gasteiger partial charge < -0.3 is 4.74 Å². The summed E-state index contributed by atoms with van der Waals surface area (Å²) < 4.78 is 28.3. The van der Waals surface area contributed by atoms with Crippen molar-refractivity contribution in [3.8, 4) is 0 Å². The Kier molecular flexibility index (Phi) is 4.40. The van der Waals surface area contributed by atoms with Gasteiger partial charge in [-0.25, -0.2) is 8.42 Å². The Bertz CT molecular complexity index is 272. The van der Waals surface area contributed by atoms with E-state index in [2.05, 4.69) is 29.8 Å². The van der Waals surface area contributed by atoms with E-state index in [0.717, 1.165) is 12.8 Å². The van der Waals surface area contributed by atoms with Gasteiger partial charge in [0, 0.05) is 0 Å². The van der Waals surface area contributed by atoms with Crippen molar-refractivity contribution in [1.29, 1.82) is 0 Å². The van der Waals surface area contributed by atoms with E-state index in [1.807, 2.05) is 0 Å². The van der Waals surface area contributed by atoms with Crippen molar-refractivity contribution in [2.75, 3.05) is 11.5 Å². The van der Waals surface area contributed by atoms with Gasteiger partial charge in [0.25, 0.3) is 0 Å². The topological polar surface area (TPSA) is 43.4 Å². The quantitative estimate of drug-likeness (QED) is 0.739. The Labute approximate surface area is 94.3 Å². The van der Waals surface area contributed by atoms with E-state index in [4.69, 9.17) is 4.74 Å². The lowest BCUT2D eigenvalue weighted by Gasteiger charge is -2.20. The van der Waals surface area contributed by atoms with Gasteiger partial charge in [-0.05, 0) is 12.8 Å². The zero-order valence-corrected chi connectivity index (χ0v) is 11.0. The Morgan fingerprint density at radius 3 is 2.29 bits per heavy atom. The van der Waals surface area contributed by atoms with Crippen LogP contribution in [0.15, 0.2) is 0 Å². The maximum atomic E-state index is 11.3. The molecule has 0 spiro atoms. The molecule has 0 radical (unpaired) electrons. The van der Waals surface area contributed by atoms with Crippen LogP contribution < -0.4 is 0 Å². The molecular formula is C9H17BrO3S. The number of alkyl halides is 1. The minimum absolute atomic E-state index is 0.0342. The number of rotatable bonds is 4. The molecule has 0 saturated carbocycles.